The number of hydrogen-bond donors (Lipinski definition) is 0. The maximum Gasteiger partial charge on any atom is 0.211 e. The third kappa shape index (κ3) is 2.35. The van der Waals surface area contributed by atoms with Crippen molar-refractivity contribution in [3.05, 3.63) is 35.9 Å². The van der Waals surface area contributed by atoms with Crippen LogP contribution >= 0.6 is 23.3 Å². The van der Waals surface area contributed by atoms with Crippen LogP contribution in [-0.4, -0.2) is 17.6 Å². The van der Waals surface area contributed by atoms with Crippen molar-refractivity contribution < 1.29 is 4.79 Å². The monoisotopic (exact) mass is 246 g/mol. The average molecular weight is 247 g/mol. The molecule has 1 aromatic rings. The molecule has 0 aliphatic rings. The van der Waals surface area contributed by atoms with Gasteiger partial charge in [0.15, 0.2) is 0 Å². The number of carbonyl (C=O) groups is 1. The van der Waals surface area contributed by atoms with Gasteiger partial charge in [0.2, 0.25) is 5.12 Å². The molecular weight excluding hydrogens is 236 g/mol. The van der Waals surface area contributed by atoms with E-state index in [-0.39, 0.29) is 5.12 Å². The minimum Gasteiger partial charge on any atom is -0.282 e. The summed E-state index contributed by atoms with van der Waals surface area (Å²) in [6.45, 7) is 0. The molecular formula is C9H11BrOS. The van der Waals surface area contributed by atoms with E-state index >= 15 is 0 Å². The van der Waals surface area contributed by atoms with Crippen LogP contribution in [0.1, 0.15) is 10.4 Å². The molecule has 0 saturated carbocycles. The summed E-state index contributed by atoms with van der Waals surface area (Å²) in [4.78, 5) is 11.7. The molecule has 0 spiro atoms. The molecule has 1 aromatic carbocycles. The van der Waals surface area contributed by atoms with Gasteiger partial charge in [-0.05, 0) is 27.3 Å². The van der Waals surface area contributed by atoms with Crippen LogP contribution < -0.4 is 0 Å². The van der Waals surface area contributed by atoms with Gasteiger partial charge in [0.05, 0.1) is 0 Å². The SMILES string of the molecule is CS(C)(Br)C(=O)c1ccccc1. The zero-order chi connectivity index (χ0) is 9.19. The van der Waals surface area contributed by atoms with Gasteiger partial charge >= 0.3 is 0 Å². The summed E-state index contributed by atoms with van der Waals surface area (Å²) >= 11 is 3.41. The zero-order valence-corrected chi connectivity index (χ0v) is 9.48. The largest absolute Gasteiger partial charge is 0.282 e. The molecule has 0 N–H and O–H groups in total. The molecule has 1 rings (SSSR count). The van der Waals surface area contributed by atoms with Crippen LogP contribution in [0.3, 0.4) is 0 Å². The van der Waals surface area contributed by atoms with Crippen molar-refractivity contribution in [2.75, 3.05) is 12.5 Å². The maximum atomic E-state index is 11.7. The fourth-order valence-electron chi connectivity index (χ4n) is 0.854. The first-order chi connectivity index (χ1) is 5.52. The molecule has 0 radical (unpaired) electrons. The minimum atomic E-state index is -1.28. The number of benzene rings is 1. The van der Waals surface area contributed by atoms with E-state index in [2.05, 4.69) is 14.8 Å². The van der Waals surface area contributed by atoms with Crippen LogP contribution in [0, 0.1) is 0 Å². The lowest BCUT2D eigenvalue weighted by molar-refractivity contribution is 0.108. The fourth-order valence-corrected chi connectivity index (χ4v) is 2.11. The van der Waals surface area contributed by atoms with Gasteiger partial charge in [0.1, 0.15) is 0 Å². The fraction of sp³-hybridized carbons (Fsp3) is 0.222. The Morgan fingerprint density at radius 3 is 2.17 bits per heavy atom. The topological polar surface area (TPSA) is 17.1 Å². The standard InChI is InChI=1S/C9H11BrOS/c1-12(2,10)9(11)8-6-4-3-5-7-8/h3-7H,1-2H3. The molecule has 0 saturated heterocycles. The Bertz CT molecular complexity index is 276. The number of hydrogen-bond acceptors (Lipinski definition) is 1. The summed E-state index contributed by atoms with van der Waals surface area (Å²) in [5.74, 6) is 0. The lowest BCUT2D eigenvalue weighted by Crippen LogP contribution is -2.03. The Hall–Kier alpha value is -0.280. The zero-order valence-electron chi connectivity index (χ0n) is 7.08. The van der Waals surface area contributed by atoms with E-state index in [4.69, 9.17) is 0 Å². The van der Waals surface area contributed by atoms with Crippen molar-refractivity contribution in [2.45, 2.75) is 0 Å². The summed E-state index contributed by atoms with van der Waals surface area (Å²) in [7, 11) is -1.28. The Labute approximate surface area is 81.7 Å². The predicted molar refractivity (Wildman–Crippen MR) is 59.1 cm³/mol. The molecule has 3 heteroatoms. The second-order valence-corrected chi connectivity index (χ2v) is 10.5. The molecule has 0 bridgehead atoms. The molecule has 0 atom stereocenters. The molecule has 0 amide bonds. The van der Waals surface area contributed by atoms with Crippen molar-refractivity contribution in [3.63, 3.8) is 0 Å². The normalized spacial score (nSPS) is 12.6. The predicted octanol–water partition coefficient (Wildman–Crippen LogP) is 3.20. The van der Waals surface area contributed by atoms with E-state index in [9.17, 15) is 4.79 Å². The quantitative estimate of drug-likeness (QED) is 0.744. The van der Waals surface area contributed by atoms with Gasteiger partial charge < -0.3 is 0 Å². The highest BCUT2D eigenvalue weighted by Crippen LogP contribution is 2.50. The summed E-state index contributed by atoms with van der Waals surface area (Å²) in [6, 6.07) is 9.36. The average Bonchev–Trinajstić information content (AvgIpc) is 2.03. The van der Waals surface area contributed by atoms with Crippen molar-refractivity contribution in [1.82, 2.24) is 0 Å². The Morgan fingerprint density at radius 2 is 1.75 bits per heavy atom. The van der Waals surface area contributed by atoms with E-state index in [1.165, 1.54) is 0 Å². The lowest BCUT2D eigenvalue weighted by Gasteiger charge is -2.19. The molecule has 0 aliphatic carbocycles. The third-order valence-corrected chi connectivity index (χ3v) is 3.45. The van der Waals surface area contributed by atoms with Crippen molar-refractivity contribution in [3.8, 4) is 0 Å². The van der Waals surface area contributed by atoms with E-state index < -0.39 is 8.46 Å². The van der Waals surface area contributed by atoms with Crippen LogP contribution in [0.2, 0.25) is 0 Å². The third-order valence-electron chi connectivity index (χ3n) is 1.45. The number of carbonyl (C=O) groups excluding carboxylic acids is 1. The maximum absolute atomic E-state index is 11.7. The Kier molecular flexibility index (Phi) is 2.96. The lowest BCUT2D eigenvalue weighted by atomic mass is 10.2. The van der Waals surface area contributed by atoms with Gasteiger partial charge in [-0.3, -0.25) is 4.79 Å². The second-order valence-electron chi connectivity index (χ2n) is 2.86. The van der Waals surface area contributed by atoms with Crippen LogP contribution in [0.5, 0.6) is 0 Å². The van der Waals surface area contributed by atoms with Crippen LogP contribution in [0.25, 0.3) is 0 Å². The Balaban J connectivity index is 2.94. The van der Waals surface area contributed by atoms with Gasteiger partial charge in [0, 0.05) is 5.56 Å². The van der Waals surface area contributed by atoms with Gasteiger partial charge in [0.25, 0.3) is 0 Å². The molecule has 0 heterocycles. The molecule has 0 aromatic heterocycles. The molecule has 66 valence electrons. The highest BCUT2D eigenvalue weighted by atomic mass is 79.9. The highest BCUT2D eigenvalue weighted by molar-refractivity contribution is 9.60. The van der Waals surface area contributed by atoms with Crippen molar-refractivity contribution in [2.24, 2.45) is 0 Å². The van der Waals surface area contributed by atoms with Crippen LogP contribution in [0.4, 0.5) is 0 Å². The second kappa shape index (κ2) is 3.62. The molecule has 0 aliphatic heterocycles. The van der Waals surface area contributed by atoms with E-state index in [0.717, 1.165) is 5.56 Å². The van der Waals surface area contributed by atoms with Gasteiger partial charge in [-0.15, -0.1) is 8.46 Å². The van der Waals surface area contributed by atoms with E-state index in [1.54, 1.807) is 0 Å². The first-order valence-electron chi connectivity index (χ1n) is 3.54. The molecule has 0 fully saturated rings. The summed E-state index contributed by atoms with van der Waals surface area (Å²) in [5, 5.41) is 0.197. The molecule has 12 heavy (non-hydrogen) atoms. The van der Waals surface area contributed by atoms with Gasteiger partial charge in [-0.1, -0.05) is 30.3 Å². The van der Waals surface area contributed by atoms with Crippen LogP contribution in [0.15, 0.2) is 30.3 Å². The van der Waals surface area contributed by atoms with Crippen molar-refractivity contribution in [1.29, 1.82) is 0 Å². The van der Waals surface area contributed by atoms with Gasteiger partial charge in [-0.2, -0.15) is 0 Å². The van der Waals surface area contributed by atoms with Crippen LogP contribution in [-0.2, 0) is 0 Å². The van der Waals surface area contributed by atoms with Gasteiger partial charge in [-0.25, -0.2) is 0 Å². The van der Waals surface area contributed by atoms with Crippen molar-refractivity contribution >= 4 is 28.4 Å². The number of halogens is 1. The van der Waals surface area contributed by atoms with E-state index in [1.807, 2.05) is 42.8 Å². The Morgan fingerprint density at radius 1 is 1.25 bits per heavy atom. The minimum absolute atomic E-state index is 0.197. The molecule has 0 unspecified atom stereocenters. The first kappa shape index (κ1) is 9.81. The van der Waals surface area contributed by atoms with E-state index in [0.29, 0.717) is 0 Å². The highest BCUT2D eigenvalue weighted by Gasteiger charge is 2.18. The summed E-state index contributed by atoms with van der Waals surface area (Å²) in [5.41, 5.74) is 0.786. The summed E-state index contributed by atoms with van der Waals surface area (Å²) < 4.78 is 0. The first-order valence-corrected chi connectivity index (χ1v) is 7.83. The number of rotatable bonds is 1. The summed E-state index contributed by atoms with van der Waals surface area (Å²) in [6.07, 6.45) is 3.87. The molecule has 1 nitrogen and oxygen atoms in total. The smallest absolute Gasteiger partial charge is 0.211 e.